The summed E-state index contributed by atoms with van der Waals surface area (Å²) in [5.74, 6) is 1.73. The molecule has 0 radical (unpaired) electrons. The number of aryl methyl sites for hydroxylation is 1. The molecule has 1 aliphatic heterocycles. The van der Waals surface area contributed by atoms with Crippen molar-refractivity contribution >= 4 is 23.1 Å². The fraction of sp³-hybridized carbons (Fsp3) is 0.500. The third-order valence-corrected chi connectivity index (χ3v) is 5.54. The summed E-state index contributed by atoms with van der Waals surface area (Å²) in [7, 11) is 0. The van der Waals surface area contributed by atoms with Gasteiger partial charge in [-0.1, -0.05) is 0 Å². The number of nitrogen functional groups attached to an aromatic ring is 1. The maximum atomic E-state index is 11.4. The van der Waals surface area contributed by atoms with E-state index >= 15 is 0 Å². The number of carbonyl (C=O) groups excluding carboxylic acids is 1. The second-order valence-electron chi connectivity index (χ2n) is 7.96. The van der Waals surface area contributed by atoms with Crippen molar-refractivity contribution in [3.8, 4) is 11.5 Å². The molecule has 2 aromatic rings. The first-order chi connectivity index (χ1) is 15.4. The Morgan fingerprint density at radius 2 is 1.81 bits per heavy atom. The number of piperidine rings is 1. The molecule has 2 heterocycles. The van der Waals surface area contributed by atoms with E-state index in [1.807, 2.05) is 45.0 Å². The lowest BCUT2D eigenvalue weighted by Crippen LogP contribution is -2.43. The van der Waals surface area contributed by atoms with Gasteiger partial charge in [-0.2, -0.15) is 0 Å². The number of nitrogens with one attached hydrogen (secondary N) is 2. The van der Waals surface area contributed by atoms with Gasteiger partial charge in [0.2, 0.25) is 5.91 Å². The number of ether oxygens (including phenoxy) is 2. The number of rotatable bonds is 9. The minimum atomic E-state index is -0.131. The van der Waals surface area contributed by atoms with Crippen molar-refractivity contribution in [3.05, 3.63) is 35.5 Å². The average molecular weight is 442 g/mol. The van der Waals surface area contributed by atoms with Gasteiger partial charge in [-0.25, -0.2) is 4.98 Å². The van der Waals surface area contributed by atoms with E-state index < -0.39 is 0 Å². The Morgan fingerprint density at radius 1 is 1.19 bits per heavy atom. The molecular weight excluding hydrogens is 406 g/mol. The maximum Gasteiger partial charge on any atom is 0.222 e. The van der Waals surface area contributed by atoms with Gasteiger partial charge < -0.3 is 30.7 Å². The van der Waals surface area contributed by atoms with Crippen LogP contribution in [0, 0.1) is 6.92 Å². The lowest BCUT2D eigenvalue weighted by molar-refractivity contribution is -0.114. The lowest BCUT2D eigenvalue weighted by atomic mass is 10.0. The minimum Gasteiger partial charge on any atom is -0.492 e. The molecule has 0 unspecified atom stereocenters. The number of aromatic nitrogens is 1. The largest absolute Gasteiger partial charge is 0.492 e. The number of nitrogens with two attached hydrogens (primary N) is 1. The van der Waals surface area contributed by atoms with E-state index in [0.29, 0.717) is 48.8 Å². The highest BCUT2D eigenvalue weighted by Gasteiger charge is 2.24. The number of amides is 1. The van der Waals surface area contributed by atoms with Gasteiger partial charge in [-0.05, 0) is 76.5 Å². The molecule has 8 nitrogen and oxygen atoms in total. The average Bonchev–Trinajstić information content (AvgIpc) is 2.76. The zero-order valence-electron chi connectivity index (χ0n) is 19.5. The van der Waals surface area contributed by atoms with Crippen LogP contribution >= 0.6 is 0 Å². The van der Waals surface area contributed by atoms with Crippen molar-refractivity contribution in [2.45, 2.75) is 53.1 Å². The quantitative estimate of drug-likeness (QED) is 0.512. The van der Waals surface area contributed by atoms with Crippen molar-refractivity contribution < 1.29 is 14.3 Å². The molecule has 0 spiro atoms. The molecule has 1 aliphatic rings. The predicted octanol–water partition coefficient (Wildman–Crippen LogP) is 3.49. The molecule has 3 rings (SSSR count). The van der Waals surface area contributed by atoms with Crippen LogP contribution in [0.3, 0.4) is 0 Å². The van der Waals surface area contributed by atoms with Crippen LogP contribution in [0.5, 0.6) is 11.5 Å². The van der Waals surface area contributed by atoms with Gasteiger partial charge in [0.05, 0.1) is 24.6 Å². The minimum absolute atomic E-state index is 0.131. The van der Waals surface area contributed by atoms with Crippen LogP contribution in [0.1, 0.15) is 44.9 Å². The summed E-state index contributed by atoms with van der Waals surface area (Å²) < 4.78 is 11.6. The number of carbonyl (C=O) groups is 1. The molecule has 1 saturated heterocycles. The summed E-state index contributed by atoms with van der Waals surface area (Å²) in [6.07, 6.45) is 2.08. The summed E-state index contributed by atoms with van der Waals surface area (Å²) in [5.41, 5.74) is 9.80. The zero-order valence-corrected chi connectivity index (χ0v) is 19.5. The van der Waals surface area contributed by atoms with Gasteiger partial charge in [0.1, 0.15) is 23.0 Å². The summed E-state index contributed by atoms with van der Waals surface area (Å²) >= 11 is 0. The van der Waals surface area contributed by atoms with Gasteiger partial charge in [0.15, 0.2) is 0 Å². The van der Waals surface area contributed by atoms with E-state index in [2.05, 4.69) is 20.5 Å². The SMILES string of the molecule is CCOc1cc(CN(c2ccc(NC(C)=O)nc2C)C2CCNCC2)cc(OCC)c1N. The molecule has 32 heavy (non-hydrogen) atoms. The third kappa shape index (κ3) is 5.82. The molecule has 1 aromatic carbocycles. The first-order valence-electron chi connectivity index (χ1n) is 11.3. The second-order valence-corrected chi connectivity index (χ2v) is 7.96. The first-order valence-corrected chi connectivity index (χ1v) is 11.3. The van der Waals surface area contributed by atoms with Crippen molar-refractivity contribution in [1.29, 1.82) is 0 Å². The summed E-state index contributed by atoms with van der Waals surface area (Å²) in [6.45, 7) is 11.1. The number of nitrogens with zero attached hydrogens (tertiary/aromatic N) is 2. The summed E-state index contributed by atoms with van der Waals surface area (Å²) in [4.78, 5) is 18.4. The van der Waals surface area contributed by atoms with E-state index in [4.69, 9.17) is 15.2 Å². The second kappa shape index (κ2) is 11.0. The smallest absolute Gasteiger partial charge is 0.222 e. The first kappa shape index (κ1) is 23.7. The Hall–Kier alpha value is -3.00. The Morgan fingerprint density at radius 3 is 2.34 bits per heavy atom. The van der Waals surface area contributed by atoms with Gasteiger partial charge in [0.25, 0.3) is 0 Å². The van der Waals surface area contributed by atoms with Gasteiger partial charge in [-0.15, -0.1) is 0 Å². The van der Waals surface area contributed by atoms with Gasteiger partial charge in [0, 0.05) is 19.5 Å². The molecule has 1 amide bonds. The summed E-state index contributed by atoms with van der Waals surface area (Å²) in [6, 6.07) is 8.28. The standard InChI is InChI=1S/C24H35N5O3/c1-5-31-21-13-18(14-22(24(21)25)32-6-2)15-29(19-9-11-26-12-10-19)20-7-8-23(27-16(20)3)28-17(4)30/h7-8,13-14,19,26H,5-6,9-12,15,25H2,1-4H3,(H,27,28,30). The monoisotopic (exact) mass is 441 g/mol. The van der Waals surface area contributed by atoms with Gasteiger partial charge in [-0.3, -0.25) is 4.79 Å². The van der Waals surface area contributed by atoms with Crippen LogP contribution in [0.4, 0.5) is 17.2 Å². The molecule has 4 N–H and O–H groups in total. The van der Waals surface area contributed by atoms with Crippen LogP contribution in [0.2, 0.25) is 0 Å². The molecular formula is C24H35N5O3. The summed E-state index contributed by atoms with van der Waals surface area (Å²) in [5, 5.41) is 6.21. The Kier molecular flexibility index (Phi) is 8.16. The van der Waals surface area contributed by atoms with Crippen molar-refractivity contribution in [1.82, 2.24) is 10.3 Å². The Bertz CT molecular complexity index is 901. The van der Waals surface area contributed by atoms with E-state index in [1.165, 1.54) is 6.92 Å². The van der Waals surface area contributed by atoms with E-state index in [1.54, 1.807) is 0 Å². The molecule has 0 bridgehead atoms. The number of hydrogen-bond donors (Lipinski definition) is 3. The van der Waals surface area contributed by atoms with Crippen molar-refractivity contribution in [2.24, 2.45) is 0 Å². The molecule has 0 aliphatic carbocycles. The lowest BCUT2D eigenvalue weighted by Gasteiger charge is -2.37. The Labute approximate surface area is 190 Å². The highest BCUT2D eigenvalue weighted by molar-refractivity contribution is 5.87. The van der Waals surface area contributed by atoms with Crippen LogP contribution in [-0.2, 0) is 11.3 Å². The fourth-order valence-electron chi connectivity index (χ4n) is 4.13. The molecule has 0 atom stereocenters. The van der Waals surface area contributed by atoms with E-state index in [-0.39, 0.29) is 5.91 Å². The fourth-order valence-corrected chi connectivity index (χ4v) is 4.13. The Balaban J connectivity index is 1.98. The highest BCUT2D eigenvalue weighted by Crippen LogP contribution is 2.36. The number of benzene rings is 1. The number of anilines is 3. The molecule has 0 saturated carbocycles. The molecule has 174 valence electrons. The van der Waals surface area contributed by atoms with Crippen LogP contribution < -0.4 is 30.7 Å². The molecule has 8 heteroatoms. The zero-order chi connectivity index (χ0) is 23.1. The third-order valence-electron chi connectivity index (χ3n) is 5.54. The van der Waals surface area contributed by atoms with Crippen molar-refractivity contribution in [3.63, 3.8) is 0 Å². The van der Waals surface area contributed by atoms with E-state index in [9.17, 15) is 4.79 Å². The molecule has 1 fully saturated rings. The number of hydrogen-bond acceptors (Lipinski definition) is 7. The van der Waals surface area contributed by atoms with Gasteiger partial charge >= 0.3 is 0 Å². The van der Waals surface area contributed by atoms with Crippen LogP contribution in [0.25, 0.3) is 0 Å². The maximum absolute atomic E-state index is 11.4. The van der Waals surface area contributed by atoms with E-state index in [0.717, 1.165) is 42.9 Å². The highest BCUT2D eigenvalue weighted by atomic mass is 16.5. The van der Waals surface area contributed by atoms with Crippen LogP contribution in [-0.4, -0.2) is 43.2 Å². The number of pyridine rings is 1. The van der Waals surface area contributed by atoms with Crippen molar-refractivity contribution in [2.75, 3.05) is 42.3 Å². The topological polar surface area (TPSA) is 102 Å². The van der Waals surface area contributed by atoms with Crippen LogP contribution in [0.15, 0.2) is 24.3 Å². The molecule has 1 aromatic heterocycles. The predicted molar refractivity (Wildman–Crippen MR) is 129 cm³/mol. The normalized spacial score (nSPS) is 14.1.